The number of benzene rings is 3. The molecule has 4 rings (SSSR count). The normalized spacial score (nSPS) is 14.7. The minimum atomic E-state index is -4.09. The lowest BCUT2D eigenvalue weighted by Gasteiger charge is -2.34. The smallest absolute Gasteiger partial charge is 0.264 e. The lowest BCUT2D eigenvalue weighted by Crippen LogP contribution is -2.54. The van der Waals surface area contributed by atoms with Gasteiger partial charge in [-0.05, 0) is 68.1 Å². The summed E-state index contributed by atoms with van der Waals surface area (Å²) in [6, 6.07) is 22.2. The van der Waals surface area contributed by atoms with E-state index in [-0.39, 0.29) is 23.4 Å². The zero-order chi connectivity index (χ0) is 29.4. The molecule has 41 heavy (non-hydrogen) atoms. The van der Waals surface area contributed by atoms with Gasteiger partial charge in [0.05, 0.1) is 10.6 Å². The van der Waals surface area contributed by atoms with Crippen LogP contribution in [0.25, 0.3) is 0 Å². The summed E-state index contributed by atoms with van der Waals surface area (Å²) in [6.07, 6.45) is 5.59. The van der Waals surface area contributed by atoms with E-state index in [0.717, 1.165) is 45.6 Å². The van der Waals surface area contributed by atoms with Gasteiger partial charge in [-0.15, -0.1) is 0 Å². The molecule has 3 aromatic carbocycles. The second kappa shape index (κ2) is 14.1. The monoisotopic (exact) mass is 639 g/mol. The predicted molar refractivity (Wildman–Crippen MR) is 166 cm³/mol. The molecule has 0 spiro atoms. The Balaban J connectivity index is 1.68. The Bertz CT molecular complexity index is 1410. The predicted octanol–water partition coefficient (Wildman–Crippen LogP) is 6.21. The highest BCUT2D eigenvalue weighted by molar-refractivity contribution is 9.10. The Morgan fingerprint density at radius 1 is 0.927 bits per heavy atom. The van der Waals surface area contributed by atoms with Gasteiger partial charge in [-0.2, -0.15) is 0 Å². The maximum atomic E-state index is 14.2. The molecule has 1 aliphatic rings. The molecule has 0 aliphatic heterocycles. The molecule has 3 aromatic rings. The number of aryl methyl sites for hydroxylation is 1. The van der Waals surface area contributed by atoms with Gasteiger partial charge in [-0.1, -0.05) is 90.1 Å². The fourth-order valence-electron chi connectivity index (χ4n) is 5.22. The number of anilines is 1. The van der Waals surface area contributed by atoms with Crippen LogP contribution in [0.2, 0.25) is 0 Å². The van der Waals surface area contributed by atoms with Gasteiger partial charge in [0.15, 0.2) is 0 Å². The van der Waals surface area contributed by atoms with Gasteiger partial charge >= 0.3 is 0 Å². The topological polar surface area (TPSA) is 86.8 Å². The van der Waals surface area contributed by atoms with Crippen LogP contribution < -0.4 is 9.62 Å². The highest BCUT2D eigenvalue weighted by Gasteiger charge is 2.34. The van der Waals surface area contributed by atoms with Crippen LogP contribution in [0, 0.1) is 6.92 Å². The van der Waals surface area contributed by atoms with E-state index in [1.807, 2.05) is 44.2 Å². The van der Waals surface area contributed by atoms with Gasteiger partial charge in [0.1, 0.15) is 12.6 Å². The first-order chi connectivity index (χ1) is 19.7. The minimum Gasteiger partial charge on any atom is -0.352 e. The van der Waals surface area contributed by atoms with Crippen molar-refractivity contribution in [1.82, 2.24) is 10.2 Å². The lowest BCUT2D eigenvalue weighted by molar-refractivity contribution is -0.140. The SMILES string of the molecule is CC[C@@H](C(=O)NC1CCCCC1)N(Cc1ccccc1)C(=O)CN(c1ccc(Br)cc1)S(=O)(=O)c1ccc(C)cc1. The van der Waals surface area contributed by atoms with E-state index in [9.17, 15) is 18.0 Å². The highest BCUT2D eigenvalue weighted by Crippen LogP contribution is 2.27. The first kappa shape index (κ1) is 30.8. The Labute approximate surface area is 252 Å². The molecule has 2 amide bonds. The zero-order valence-corrected chi connectivity index (χ0v) is 26.0. The van der Waals surface area contributed by atoms with Crippen LogP contribution in [0.3, 0.4) is 0 Å². The van der Waals surface area contributed by atoms with Crippen LogP contribution in [-0.4, -0.2) is 43.8 Å². The summed E-state index contributed by atoms with van der Waals surface area (Å²) in [7, 11) is -4.09. The standard InChI is InChI=1S/C32H38BrN3O4S/c1-3-30(32(38)34-27-12-8-5-9-13-27)35(22-25-10-6-4-7-11-25)31(37)23-36(28-18-16-26(33)17-19-28)41(39,40)29-20-14-24(2)15-21-29/h4,6-7,10-11,14-21,27,30H,3,5,8-9,12-13,22-23H2,1-2H3,(H,34,38)/t30-/m0/s1. The number of hydrogen-bond acceptors (Lipinski definition) is 4. The number of sulfonamides is 1. The Hall–Kier alpha value is -3.17. The molecule has 218 valence electrons. The van der Waals surface area contributed by atoms with Gasteiger partial charge in [-0.25, -0.2) is 8.42 Å². The fraction of sp³-hybridized carbons (Fsp3) is 0.375. The van der Waals surface area contributed by atoms with Gasteiger partial charge in [0.2, 0.25) is 11.8 Å². The number of carbonyl (C=O) groups is 2. The fourth-order valence-corrected chi connectivity index (χ4v) is 6.90. The Morgan fingerprint density at radius 3 is 2.17 bits per heavy atom. The summed E-state index contributed by atoms with van der Waals surface area (Å²) in [6.45, 7) is 3.51. The minimum absolute atomic E-state index is 0.0931. The largest absolute Gasteiger partial charge is 0.352 e. The third-order valence-electron chi connectivity index (χ3n) is 7.54. The molecule has 1 aliphatic carbocycles. The number of hydrogen-bond donors (Lipinski definition) is 1. The van der Waals surface area contributed by atoms with Crippen molar-refractivity contribution in [3.05, 3.63) is 94.5 Å². The molecule has 1 atom stereocenters. The van der Waals surface area contributed by atoms with E-state index in [1.165, 1.54) is 11.3 Å². The van der Waals surface area contributed by atoms with Crippen molar-refractivity contribution in [3.63, 3.8) is 0 Å². The van der Waals surface area contributed by atoms with Crippen molar-refractivity contribution in [3.8, 4) is 0 Å². The number of amides is 2. The third-order valence-corrected chi connectivity index (χ3v) is 9.85. The van der Waals surface area contributed by atoms with E-state index < -0.39 is 28.5 Å². The van der Waals surface area contributed by atoms with Crippen LogP contribution >= 0.6 is 15.9 Å². The summed E-state index contributed by atoms with van der Waals surface area (Å²) in [5, 5.41) is 3.17. The van der Waals surface area contributed by atoms with Crippen LogP contribution in [0.4, 0.5) is 5.69 Å². The summed E-state index contributed by atoms with van der Waals surface area (Å²) in [4.78, 5) is 29.4. The number of nitrogens with one attached hydrogen (secondary N) is 1. The van der Waals surface area contributed by atoms with E-state index in [2.05, 4.69) is 21.2 Å². The molecule has 0 aromatic heterocycles. The Kier molecular flexibility index (Phi) is 10.6. The van der Waals surface area contributed by atoms with E-state index >= 15 is 0 Å². The quantitative estimate of drug-likeness (QED) is 0.270. The molecule has 0 heterocycles. The van der Waals surface area contributed by atoms with Gasteiger partial charge in [0, 0.05) is 17.1 Å². The third kappa shape index (κ3) is 7.98. The average molecular weight is 641 g/mol. The summed E-state index contributed by atoms with van der Waals surface area (Å²) < 4.78 is 29.8. The van der Waals surface area contributed by atoms with Crippen molar-refractivity contribution in [2.45, 2.75) is 75.9 Å². The summed E-state index contributed by atoms with van der Waals surface area (Å²) in [5.74, 6) is -0.640. The molecule has 9 heteroatoms. The Morgan fingerprint density at radius 2 is 1.56 bits per heavy atom. The van der Waals surface area contributed by atoms with Gasteiger partial charge in [-0.3, -0.25) is 13.9 Å². The highest BCUT2D eigenvalue weighted by atomic mass is 79.9. The molecular formula is C32H38BrN3O4S. The van der Waals surface area contributed by atoms with Crippen molar-refractivity contribution in [2.24, 2.45) is 0 Å². The molecule has 0 unspecified atom stereocenters. The number of rotatable bonds is 11. The molecule has 0 bridgehead atoms. The van der Waals surface area contributed by atoms with Crippen LogP contribution in [-0.2, 0) is 26.2 Å². The molecule has 0 radical (unpaired) electrons. The molecular weight excluding hydrogens is 602 g/mol. The molecule has 0 saturated heterocycles. The van der Waals surface area contributed by atoms with E-state index in [1.54, 1.807) is 48.5 Å². The van der Waals surface area contributed by atoms with Crippen molar-refractivity contribution in [2.75, 3.05) is 10.8 Å². The second-order valence-electron chi connectivity index (χ2n) is 10.6. The van der Waals surface area contributed by atoms with Crippen molar-refractivity contribution < 1.29 is 18.0 Å². The molecule has 1 saturated carbocycles. The number of nitrogens with zero attached hydrogens (tertiary/aromatic N) is 2. The van der Waals surface area contributed by atoms with E-state index in [0.29, 0.717) is 12.1 Å². The first-order valence-corrected chi connectivity index (χ1v) is 16.4. The maximum absolute atomic E-state index is 14.2. The van der Waals surface area contributed by atoms with Crippen LogP contribution in [0.5, 0.6) is 0 Å². The van der Waals surface area contributed by atoms with Gasteiger partial charge in [0.25, 0.3) is 10.0 Å². The molecule has 1 N–H and O–H groups in total. The number of carbonyl (C=O) groups excluding carboxylic acids is 2. The lowest BCUT2D eigenvalue weighted by atomic mass is 9.95. The van der Waals surface area contributed by atoms with Gasteiger partial charge < -0.3 is 10.2 Å². The summed E-state index contributed by atoms with van der Waals surface area (Å²) >= 11 is 3.41. The summed E-state index contributed by atoms with van der Waals surface area (Å²) in [5.41, 5.74) is 2.15. The zero-order valence-electron chi connectivity index (χ0n) is 23.6. The molecule has 1 fully saturated rings. The first-order valence-electron chi connectivity index (χ1n) is 14.2. The van der Waals surface area contributed by atoms with Crippen molar-refractivity contribution >= 4 is 43.5 Å². The number of halogens is 1. The second-order valence-corrected chi connectivity index (χ2v) is 13.4. The van der Waals surface area contributed by atoms with Crippen LogP contribution in [0.15, 0.2) is 88.2 Å². The molecule has 7 nitrogen and oxygen atoms in total. The van der Waals surface area contributed by atoms with Crippen molar-refractivity contribution in [1.29, 1.82) is 0 Å². The maximum Gasteiger partial charge on any atom is 0.264 e. The van der Waals surface area contributed by atoms with Crippen LogP contribution in [0.1, 0.15) is 56.6 Å². The average Bonchev–Trinajstić information content (AvgIpc) is 2.97. The van der Waals surface area contributed by atoms with E-state index in [4.69, 9.17) is 0 Å².